The van der Waals surface area contributed by atoms with Gasteiger partial charge in [0.05, 0.1) is 0 Å². The predicted octanol–water partition coefficient (Wildman–Crippen LogP) is 2.73. The third kappa shape index (κ3) is 3.24. The van der Waals surface area contributed by atoms with Crippen LogP contribution in [0.15, 0.2) is 24.3 Å². The number of hydrogen-bond donors (Lipinski definition) is 0. The van der Waals surface area contributed by atoms with E-state index in [2.05, 4.69) is 0 Å². The fraction of sp³-hybridized carbons (Fsp3) is 0.400. The van der Waals surface area contributed by atoms with E-state index in [9.17, 15) is 0 Å². The Labute approximate surface area is 78.5 Å². The third-order valence-corrected chi connectivity index (χ3v) is 2.04. The van der Waals surface area contributed by atoms with E-state index in [0.717, 1.165) is 24.3 Å². The van der Waals surface area contributed by atoms with Crippen LogP contribution in [0.25, 0.3) is 0 Å². The molecule has 0 atom stereocenters. The van der Waals surface area contributed by atoms with Gasteiger partial charge in [0, 0.05) is 11.6 Å². The fourth-order valence-electron chi connectivity index (χ4n) is 1.09. The topological polar surface area (TPSA) is 22.3 Å². The quantitative estimate of drug-likeness (QED) is 0.638. The fourth-order valence-corrected chi connectivity index (χ4v) is 1.22. The van der Waals surface area contributed by atoms with Gasteiger partial charge in [-0.2, -0.15) is 0 Å². The molecule has 0 spiro atoms. The van der Waals surface area contributed by atoms with Gasteiger partial charge in [0.25, 0.3) is 0 Å². The van der Waals surface area contributed by atoms with Gasteiger partial charge in [0.1, 0.15) is 0 Å². The van der Waals surface area contributed by atoms with Crippen molar-refractivity contribution in [1.82, 2.24) is 5.73 Å². The Morgan fingerprint density at radius 3 is 2.33 bits per heavy atom. The number of hydrogen-bond acceptors (Lipinski definition) is 0. The molecule has 1 aromatic rings. The number of halogens is 1. The van der Waals surface area contributed by atoms with E-state index in [0.29, 0.717) is 0 Å². The normalized spacial score (nSPS) is 10.2. The summed E-state index contributed by atoms with van der Waals surface area (Å²) in [7, 11) is 0. The van der Waals surface area contributed by atoms with Crippen molar-refractivity contribution in [2.75, 3.05) is 6.54 Å². The maximum atomic E-state index is 8.57. The molecule has 0 bridgehead atoms. The van der Waals surface area contributed by atoms with Gasteiger partial charge in [0.2, 0.25) is 0 Å². The van der Waals surface area contributed by atoms with Gasteiger partial charge in [0.15, 0.2) is 0 Å². The highest BCUT2D eigenvalue weighted by Gasteiger charge is 1.92. The van der Waals surface area contributed by atoms with Gasteiger partial charge in [-0.15, -0.1) is 5.73 Å². The Kier molecular flexibility index (Phi) is 4.12. The summed E-state index contributed by atoms with van der Waals surface area (Å²) in [5.74, 6) is 0. The number of nitrogens with zero attached hydrogens (tertiary/aromatic N) is 1. The minimum atomic E-state index is 0.285. The van der Waals surface area contributed by atoms with E-state index in [1.54, 1.807) is 0 Å². The second kappa shape index (κ2) is 5.18. The molecular weight excluding hydrogens is 170 g/mol. The maximum absolute atomic E-state index is 8.57. The van der Waals surface area contributed by atoms with Crippen LogP contribution in [0, 0.1) is 0 Å². The lowest BCUT2D eigenvalue weighted by Gasteiger charge is -1.99. The van der Waals surface area contributed by atoms with Crippen molar-refractivity contribution < 1.29 is 0 Å². The predicted molar refractivity (Wildman–Crippen MR) is 51.4 cm³/mol. The van der Waals surface area contributed by atoms with Crippen LogP contribution in [0.5, 0.6) is 0 Å². The highest BCUT2D eigenvalue weighted by atomic mass is 35.5. The van der Waals surface area contributed by atoms with E-state index < -0.39 is 0 Å². The molecule has 1 aromatic carbocycles. The number of benzene rings is 1. The van der Waals surface area contributed by atoms with E-state index in [1.165, 1.54) is 5.56 Å². The lowest BCUT2D eigenvalue weighted by atomic mass is 10.1. The van der Waals surface area contributed by atoms with Gasteiger partial charge in [-0.1, -0.05) is 23.7 Å². The Hall–Kier alpha value is -0.530. The minimum Gasteiger partial charge on any atom is -0.145 e. The summed E-state index contributed by atoms with van der Waals surface area (Å²) in [6, 6.07) is 7.85. The Morgan fingerprint density at radius 2 is 1.75 bits per heavy atom. The molecule has 1 rings (SSSR count). The molecule has 0 heterocycles. The van der Waals surface area contributed by atoms with Crippen LogP contribution < -0.4 is 5.73 Å². The van der Waals surface area contributed by atoms with Crippen molar-refractivity contribution in [2.45, 2.75) is 19.3 Å². The summed E-state index contributed by atoms with van der Waals surface area (Å²) in [6.45, 7) is 0.285. The molecule has 12 heavy (non-hydrogen) atoms. The first-order valence-corrected chi connectivity index (χ1v) is 4.56. The zero-order chi connectivity index (χ0) is 8.81. The molecule has 0 N–H and O–H groups in total. The van der Waals surface area contributed by atoms with Gasteiger partial charge < -0.3 is 0 Å². The van der Waals surface area contributed by atoms with Crippen molar-refractivity contribution in [3.05, 3.63) is 34.9 Å². The molecule has 0 aliphatic carbocycles. The van der Waals surface area contributed by atoms with Crippen LogP contribution in [0.2, 0.25) is 5.02 Å². The van der Waals surface area contributed by atoms with Gasteiger partial charge >= 0.3 is 0 Å². The average molecular weight is 182 g/mol. The summed E-state index contributed by atoms with van der Waals surface area (Å²) in [4.78, 5) is 0. The molecule has 0 unspecified atom stereocenters. The summed E-state index contributed by atoms with van der Waals surface area (Å²) in [6.07, 6.45) is 2.94. The number of aryl methyl sites for hydroxylation is 1. The molecule has 0 aromatic heterocycles. The zero-order valence-electron chi connectivity index (χ0n) is 6.96. The Bertz CT molecular complexity index is 218. The smallest absolute Gasteiger partial charge is 0.0406 e. The summed E-state index contributed by atoms with van der Waals surface area (Å²) >= 11 is 5.73. The maximum Gasteiger partial charge on any atom is 0.0406 e. The monoisotopic (exact) mass is 181 g/mol. The van der Waals surface area contributed by atoms with E-state index in [1.807, 2.05) is 24.3 Å². The number of unbranched alkanes of at least 4 members (excludes halogenated alkanes) is 1. The molecule has 1 nitrogen and oxygen atoms in total. The molecule has 2 radical (unpaired) electrons. The Balaban J connectivity index is 2.37. The summed E-state index contributed by atoms with van der Waals surface area (Å²) in [5.41, 5.74) is 9.85. The van der Waals surface area contributed by atoms with E-state index in [-0.39, 0.29) is 6.54 Å². The van der Waals surface area contributed by atoms with Crippen molar-refractivity contribution in [3.63, 3.8) is 0 Å². The highest BCUT2D eigenvalue weighted by molar-refractivity contribution is 6.30. The third-order valence-electron chi connectivity index (χ3n) is 1.79. The van der Waals surface area contributed by atoms with Crippen LogP contribution >= 0.6 is 11.6 Å². The molecule has 64 valence electrons. The van der Waals surface area contributed by atoms with Crippen molar-refractivity contribution in [1.29, 1.82) is 0 Å². The SMILES string of the molecule is [N]CCCCc1ccc(Cl)cc1. The first-order chi connectivity index (χ1) is 5.83. The summed E-state index contributed by atoms with van der Waals surface area (Å²) in [5, 5.41) is 0.779. The molecule has 0 fully saturated rings. The van der Waals surface area contributed by atoms with Gasteiger partial charge in [-0.3, -0.25) is 0 Å². The molecule has 2 heteroatoms. The molecule has 0 aliphatic heterocycles. The lowest BCUT2D eigenvalue weighted by Crippen LogP contribution is -1.89. The van der Waals surface area contributed by atoms with Crippen LogP contribution in [0.4, 0.5) is 0 Å². The zero-order valence-corrected chi connectivity index (χ0v) is 7.72. The van der Waals surface area contributed by atoms with Crippen LogP contribution in [-0.4, -0.2) is 6.54 Å². The largest absolute Gasteiger partial charge is 0.145 e. The van der Waals surface area contributed by atoms with Crippen molar-refractivity contribution in [3.8, 4) is 0 Å². The Morgan fingerprint density at radius 1 is 1.08 bits per heavy atom. The number of rotatable bonds is 4. The van der Waals surface area contributed by atoms with Crippen molar-refractivity contribution >= 4 is 11.6 Å². The molecule has 0 saturated carbocycles. The minimum absolute atomic E-state index is 0.285. The van der Waals surface area contributed by atoms with Crippen LogP contribution in [0.3, 0.4) is 0 Å². The first kappa shape index (κ1) is 9.56. The molecular formula is C10H12ClN. The van der Waals surface area contributed by atoms with Crippen LogP contribution in [0.1, 0.15) is 18.4 Å². The first-order valence-electron chi connectivity index (χ1n) is 4.18. The standard InChI is InChI=1S/C10H12ClN/c11-10-6-4-9(5-7-10)3-1-2-8-12/h4-7H,1-3,8H2. The van der Waals surface area contributed by atoms with Gasteiger partial charge in [-0.05, 0) is 37.0 Å². The van der Waals surface area contributed by atoms with Crippen LogP contribution in [-0.2, 0) is 6.42 Å². The molecule has 0 aliphatic rings. The second-order valence-electron chi connectivity index (χ2n) is 2.81. The lowest BCUT2D eigenvalue weighted by molar-refractivity contribution is 0.735. The van der Waals surface area contributed by atoms with E-state index in [4.69, 9.17) is 17.3 Å². The van der Waals surface area contributed by atoms with Crippen molar-refractivity contribution in [2.24, 2.45) is 0 Å². The van der Waals surface area contributed by atoms with E-state index >= 15 is 0 Å². The van der Waals surface area contributed by atoms with Gasteiger partial charge in [-0.25, -0.2) is 0 Å². The average Bonchev–Trinajstić information content (AvgIpc) is 2.09. The summed E-state index contributed by atoms with van der Waals surface area (Å²) < 4.78 is 0. The molecule has 0 saturated heterocycles. The highest BCUT2D eigenvalue weighted by Crippen LogP contribution is 2.11. The second-order valence-corrected chi connectivity index (χ2v) is 3.24. The molecule has 0 amide bonds.